The van der Waals surface area contributed by atoms with Gasteiger partial charge in [-0.15, -0.1) is 0 Å². The van der Waals surface area contributed by atoms with Crippen LogP contribution in [0.3, 0.4) is 0 Å². The van der Waals surface area contributed by atoms with Gasteiger partial charge in [-0.1, -0.05) is 29.8 Å². The Bertz CT molecular complexity index is 354. The molecular weight excluding hydrogens is 220 g/mol. The summed E-state index contributed by atoms with van der Waals surface area (Å²) in [6.07, 6.45) is 4.00. The molecule has 1 saturated carbocycles. The zero-order valence-corrected chi connectivity index (χ0v) is 11.9. The van der Waals surface area contributed by atoms with E-state index in [0.29, 0.717) is 6.04 Å². The van der Waals surface area contributed by atoms with Gasteiger partial charge in [-0.2, -0.15) is 0 Å². The van der Waals surface area contributed by atoms with Crippen molar-refractivity contribution in [2.75, 3.05) is 13.6 Å². The Labute approximate surface area is 111 Å². The molecule has 0 spiro atoms. The predicted octanol–water partition coefficient (Wildman–Crippen LogP) is 2.96. The second kappa shape index (κ2) is 6.35. The van der Waals surface area contributed by atoms with Crippen molar-refractivity contribution in [1.29, 1.82) is 0 Å². The van der Waals surface area contributed by atoms with Crippen LogP contribution in [0.1, 0.15) is 37.3 Å². The molecule has 0 aromatic heterocycles. The molecule has 1 aromatic rings. The highest BCUT2D eigenvalue weighted by molar-refractivity contribution is 5.21. The first kappa shape index (κ1) is 13.6. The second-order valence-electron chi connectivity index (χ2n) is 5.77. The van der Waals surface area contributed by atoms with E-state index in [4.69, 9.17) is 0 Å². The minimum atomic E-state index is 0.637. The lowest BCUT2D eigenvalue weighted by Crippen LogP contribution is -2.32. The molecule has 100 valence electrons. The summed E-state index contributed by atoms with van der Waals surface area (Å²) in [6, 6.07) is 10.3. The van der Waals surface area contributed by atoms with E-state index in [0.717, 1.165) is 19.1 Å². The van der Waals surface area contributed by atoms with Crippen LogP contribution in [-0.4, -0.2) is 30.6 Å². The molecular formula is C16H26N2. The van der Waals surface area contributed by atoms with Crippen molar-refractivity contribution in [2.45, 2.75) is 51.7 Å². The van der Waals surface area contributed by atoms with Gasteiger partial charge in [-0.05, 0) is 52.3 Å². The zero-order chi connectivity index (χ0) is 13.0. The fraction of sp³-hybridized carbons (Fsp3) is 0.625. The number of hydrogen-bond donors (Lipinski definition) is 1. The van der Waals surface area contributed by atoms with E-state index >= 15 is 0 Å². The number of rotatable bonds is 7. The number of aryl methyl sites for hydroxylation is 1. The van der Waals surface area contributed by atoms with Gasteiger partial charge < -0.3 is 5.32 Å². The summed E-state index contributed by atoms with van der Waals surface area (Å²) in [5, 5.41) is 3.59. The maximum atomic E-state index is 3.59. The topological polar surface area (TPSA) is 15.3 Å². The van der Waals surface area contributed by atoms with Crippen LogP contribution in [0.5, 0.6) is 0 Å². The third-order valence-electron chi connectivity index (χ3n) is 3.88. The van der Waals surface area contributed by atoms with Crippen molar-refractivity contribution in [3.8, 4) is 0 Å². The number of nitrogens with one attached hydrogen (secondary N) is 1. The molecule has 0 saturated heterocycles. The molecule has 18 heavy (non-hydrogen) atoms. The normalized spacial score (nSPS) is 17.1. The van der Waals surface area contributed by atoms with Crippen LogP contribution >= 0.6 is 0 Å². The monoisotopic (exact) mass is 246 g/mol. The van der Waals surface area contributed by atoms with Crippen LogP contribution in [0.2, 0.25) is 0 Å². The largest absolute Gasteiger partial charge is 0.314 e. The molecule has 1 fully saturated rings. The van der Waals surface area contributed by atoms with Gasteiger partial charge in [0.25, 0.3) is 0 Å². The second-order valence-corrected chi connectivity index (χ2v) is 5.77. The molecule has 0 radical (unpaired) electrons. The standard InChI is InChI=1S/C16H26N2/c1-13-4-6-15(7-5-13)12-18(3)14(2)10-11-17-16-8-9-16/h4-7,14,16-17H,8-12H2,1-3H3. The van der Waals surface area contributed by atoms with Crippen LogP contribution in [0.4, 0.5) is 0 Å². The molecule has 1 aromatic carbocycles. The Hall–Kier alpha value is -0.860. The van der Waals surface area contributed by atoms with Crippen molar-refractivity contribution < 1.29 is 0 Å². The SMILES string of the molecule is Cc1ccc(CN(C)C(C)CCNC2CC2)cc1. The van der Waals surface area contributed by atoms with Crippen molar-refractivity contribution in [1.82, 2.24) is 10.2 Å². The average molecular weight is 246 g/mol. The zero-order valence-electron chi connectivity index (χ0n) is 11.9. The van der Waals surface area contributed by atoms with Gasteiger partial charge in [0.1, 0.15) is 0 Å². The quantitative estimate of drug-likeness (QED) is 0.795. The van der Waals surface area contributed by atoms with E-state index in [9.17, 15) is 0 Å². The van der Waals surface area contributed by atoms with Crippen LogP contribution in [-0.2, 0) is 6.54 Å². The van der Waals surface area contributed by atoms with Crippen molar-refractivity contribution in [3.05, 3.63) is 35.4 Å². The minimum Gasteiger partial charge on any atom is -0.314 e. The Kier molecular flexibility index (Phi) is 4.79. The molecule has 2 nitrogen and oxygen atoms in total. The number of benzene rings is 1. The molecule has 0 amide bonds. The summed E-state index contributed by atoms with van der Waals surface area (Å²) >= 11 is 0. The lowest BCUT2D eigenvalue weighted by atomic mass is 10.1. The Morgan fingerprint density at radius 1 is 1.28 bits per heavy atom. The van der Waals surface area contributed by atoms with E-state index in [1.54, 1.807) is 0 Å². The van der Waals surface area contributed by atoms with Crippen LogP contribution in [0, 0.1) is 6.92 Å². The van der Waals surface area contributed by atoms with E-state index in [-0.39, 0.29) is 0 Å². The molecule has 1 N–H and O–H groups in total. The Morgan fingerprint density at radius 2 is 1.94 bits per heavy atom. The van der Waals surface area contributed by atoms with Gasteiger partial charge in [-0.3, -0.25) is 4.90 Å². The Balaban J connectivity index is 1.71. The number of hydrogen-bond acceptors (Lipinski definition) is 2. The van der Waals surface area contributed by atoms with Gasteiger partial charge in [0.2, 0.25) is 0 Å². The van der Waals surface area contributed by atoms with Crippen molar-refractivity contribution >= 4 is 0 Å². The highest BCUT2D eigenvalue weighted by Crippen LogP contribution is 2.18. The van der Waals surface area contributed by atoms with E-state index in [1.165, 1.54) is 30.4 Å². The highest BCUT2D eigenvalue weighted by Gasteiger charge is 2.20. The maximum Gasteiger partial charge on any atom is 0.0233 e. The average Bonchev–Trinajstić information content (AvgIpc) is 3.16. The van der Waals surface area contributed by atoms with Crippen molar-refractivity contribution in [2.24, 2.45) is 0 Å². The molecule has 1 unspecified atom stereocenters. The summed E-state index contributed by atoms with van der Waals surface area (Å²) in [5.41, 5.74) is 2.74. The molecule has 2 rings (SSSR count). The van der Waals surface area contributed by atoms with Crippen LogP contribution in [0.25, 0.3) is 0 Å². The lowest BCUT2D eigenvalue weighted by Gasteiger charge is -2.25. The summed E-state index contributed by atoms with van der Waals surface area (Å²) in [4.78, 5) is 2.44. The third-order valence-corrected chi connectivity index (χ3v) is 3.88. The first-order valence-electron chi connectivity index (χ1n) is 7.14. The minimum absolute atomic E-state index is 0.637. The van der Waals surface area contributed by atoms with Gasteiger partial charge in [0, 0.05) is 18.6 Å². The van der Waals surface area contributed by atoms with Crippen molar-refractivity contribution in [3.63, 3.8) is 0 Å². The predicted molar refractivity (Wildman–Crippen MR) is 77.7 cm³/mol. The van der Waals surface area contributed by atoms with Gasteiger partial charge in [-0.25, -0.2) is 0 Å². The summed E-state index contributed by atoms with van der Waals surface area (Å²) < 4.78 is 0. The molecule has 0 bridgehead atoms. The lowest BCUT2D eigenvalue weighted by molar-refractivity contribution is 0.236. The summed E-state index contributed by atoms with van der Waals surface area (Å²) in [5.74, 6) is 0. The van der Waals surface area contributed by atoms with E-state index < -0.39 is 0 Å². The fourth-order valence-corrected chi connectivity index (χ4v) is 2.14. The summed E-state index contributed by atoms with van der Waals surface area (Å²) in [6.45, 7) is 6.66. The first-order valence-corrected chi connectivity index (χ1v) is 7.14. The smallest absolute Gasteiger partial charge is 0.0233 e. The molecule has 0 heterocycles. The molecule has 0 aliphatic heterocycles. The summed E-state index contributed by atoms with van der Waals surface area (Å²) in [7, 11) is 2.22. The first-order chi connectivity index (χ1) is 8.65. The van der Waals surface area contributed by atoms with Gasteiger partial charge in [0.05, 0.1) is 0 Å². The third kappa shape index (κ3) is 4.43. The molecule has 2 heteroatoms. The van der Waals surface area contributed by atoms with Gasteiger partial charge >= 0.3 is 0 Å². The highest BCUT2D eigenvalue weighted by atomic mass is 15.1. The molecule has 1 atom stereocenters. The molecule has 1 aliphatic rings. The fourth-order valence-electron chi connectivity index (χ4n) is 2.14. The van der Waals surface area contributed by atoms with E-state index in [1.807, 2.05) is 0 Å². The van der Waals surface area contributed by atoms with Crippen LogP contribution in [0.15, 0.2) is 24.3 Å². The van der Waals surface area contributed by atoms with Crippen LogP contribution < -0.4 is 5.32 Å². The Morgan fingerprint density at radius 3 is 2.56 bits per heavy atom. The van der Waals surface area contributed by atoms with E-state index in [2.05, 4.69) is 55.4 Å². The molecule has 1 aliphatic carbocycles. The maximum absolute atomic E-state index is 3.59. The van der Waals surface area contributed by atoms with Gasteiger partial charge in [0.15, 0.2) is 0 Å². The number of nitrogens with zero attached hydrogens (tertiary/aromatic N) is 1.